The molecule has 30 heavy (non-hydrogen) atoms. The van der Waals surface area contributed by atoms with Crippen LogP contribution in [0.15, 0.2) is 72.4 Å². The predicted molar refractivity (Wildman–Crippen MR) is 120 cm³/mol. The molecule has 0 heterocycles. The predicted octanol–water partition coefficient (Wildman–Crippen LogP) is 5.24. The second kappa shape index (κ2) is 9.62. The fraction of sp³-hybridized carbons (Fsp3) is 0.200. The van der Waals surface area contributed by atoms with Gasteiger partial charge in [-0.2, -0.15) is 5.26 Å². The van der Waals surface area contributed by atoms with E-state index in [2.05, 4.69) is 10.6 Å². The molecule has 0 aliphatic heterocycles. The number of rotatable bonds is 7. The Balaban J connectivity index is 1.78. The maximum absolute atomic E-state index is 12.7. The van der Waals surface area contributed by atoms with E-state index in [1.54, 1.807) is 0 Å². The summed E-state index contributed by atoms with van der Waals surface area (Å²) in [6.07, 6.45) is 1.45. The van der Waals surface area contributed by atoms with Crippen molar-refractivity contribution in [2.45, 2.75) is 26.8 Å². The second-order valence-electron chi connectivity index (χ2n) is 7.01. The van der Waals surface area contributed by atoms with E-state index in [4.69, 9.17) is 4.74 Å². The van der Waals surface area contributed by atoms with E-state index in [9.17, 15) is 10.1 Å². The maximum atomic E-state index is 12.7. The first kappa shape index (κ1) is 20.9. The molecule has 1 atom stereocenters. The van der Waals surface area contributed by atoms with Gasteiger partial charge in [-0.05, 0) is 38.3 Å². The average molecular weight is 399 g/mol. The maximum Gasteiger partial charge on any atom is 0.263 e. The van der Waals surface area contributed by atoms with Crippen LogP contribution in [0.1, 0.15) is 31.0 Å². The normalized spacial score (nSPS) is 12.1. The number of carbonyl (C=O) groups excluding carboxylic acids is 1. The van der Waals surface area contributed by atoms with Gasteiger partial charge < -0.3 is 15.4 Å². The summed E-state index contributed by atoms with van der Waals surface area (Å²) in [5, 5.41) is 17.6. The summed E-state index contributed by atoms with van der Waals surface area (Å²) in [5.74, 6) is 0.286. The van der Waals surface area contributed by atoms with Crippen molar-refractivity contribution in [3.05, 3.63) is 83.6 Å². The van der Waals surface area contributed by atoms with Crippen LogP contribution in [0.2, 0.25) is 0 Å². The number of ether oxygens (including phenoxy) is 1. The van der Waals surface area contributed by atoms with Crippen LogP contribution < -0.4 is 15.4 Å². The third-order valence-electron chi connectivity index (χ3n) is 4.81. The topological polar surface area (TPSA) is 74.1 Å². The van der Waals surface area contributed by atoms with Gasteiger partial charge in [0.2, 0.25) is 0 Å². The Labute approximate surface area is 177 Å². The van der Waals surface area contributed by atoms with Crippen molar-refractivity contribution in [1.82, 2.24) is 5.32 Å². The largest absolute Gasteiger partial charge is 0.494 e. The van der Waals surface area contributed by atoms with Gasteiger partial charge in [-0.3, -0.25) is 4.79 Å². The van der Waals surface area contributed by atoms with Crippen molar-refractivity contribution in [3.63, 3.8) is 0 Å². The number of nitrogens with zero attached hydrogens (tertiary/aromatic N) is 1. The van der Waals surface area contributed by atoms with Crippen molar-refractivity contribution in [1.29, 1.82) is 5.26 Å². The molecule has 1 amide bonds. The van der Waals surface area contributed by atoms with Crippen LogP contribution in [0, 0.1) is 18.3 Å². The van der Waals surface area contributed by atoms with Crippen LogP contribution in [0.4, 0.5) is 5.69 Å². The lowest BCUT2D eigenvalue weighted by Gasteiger charge is -2.18. The van der Waals surface area contributed by atoms with E-state index >= 15 is 0 Å². The van der Waals surface area contributed by atoms with Crippen molar-refractivity contribution in [2.75, 3.05) is 11.9 Å². The lowest BCUT2D eigenvalue weighted by atomic mass is 10.0. The van der Waals surface area contributed by atoms with Gasteiger partial charge >= 0.3 is 0 Å². The van der Waals surface area contributed by atoms with Crippen LogP contribution in [0.5, 0.6) is 5.75 Å². The van der Waals surface area contributed by atoms with E-state index in [-0.39, 0.29) is 11.6 Å². The zero-order chi connectivity index (χ0) is 21.5. The minimum Gasteiger partial charge on any atom is -0.494 e. The summed E-state index contributed by atoms with van der Waals surface area (Å²) >= 11 is 0. The molecule has 5 heteroatoms. The minimum absolute atomic E-state index is 0.000368. The zero-order valence-electron chi connectivity index (χ0n) is 17.4. The average Bonchev–Trinajstić information content (AvgIpc) is 2.75. The molecule has 0 saturated carbocycles. The van der Waals surface area contributed by atoms with Crippen molar-refractivity contribution < 1.29 is 9.53 Å². The number of hydrogen-bond acceptors (Lipinski definition) is 4. The molecule has 0 bridgehead atoms. The quantitative estimate of drug-likeness (QED) is 0.421. The highest BCUT2D eigenvalue weighted by Gasteiger charge is 2.17. The van der Waals surface area contributed by atoms with Crippen molar-refractivity contribution >= 4 is 22.4 Å². The molecule has 3 aromatic carbocycles. The van der Waals surface area contributed by atoms with Gasteiger partial charge in [-0.1, -0.05) is 54.1 Å². The van der Waals surface area contributed by atoms with Crippen molar-refractivity contribution in [3.8, 4) is 11.8 Å². The standard InChI is InChI=1S/C25H25N3O2/c1-4-30-24-13-12-17(2)14-22(24)18(3)28-25(29)20(15-26)16-27-23-11-7-9-19-8-5-6-10-21(19)23/h5-14,16,18,27H,4H2,1-3H3,(H,28,29)/b20-16-. The molecule has 152 valence electrons. The van der Waals surface area contributed by atoms with E-state index < -0.39 is 5.91 Å². The summed E-state index contributed by atoms with van der Waals surface area (Å²) in [6.45, 7) is 6.32. The molecule has 0 fully saturated rings. The molecule has 0 aromatic heterocycles. The smallest absolute Gasteiger partial charge is 0.263 e. The van der Waals surface area contributed by atoms with Gasteiger partial charge in [-0.25, -0.2) is 0 Å². The third kappa shape index (κ3) is 4.79. The number of hydrogen-bond donors (Lipinski definition) is 2. The lowest BCUT2D eigenvalue weighted by Crippen LogP contribution is -2.28. The number of anilines is 1. The Hall–Kier alpha value is -3.78. The Morgan fingerprint density at radius 3 is 2.70 bits per heavy atom. The van der Waals surface area contributed by atoms with Crippen LogP contribution >= 0.6 is 0 Å². The summed E-state index contributed by atoms with van der Waals surface area (Å²) in [5.41, 5.74) is 2.78. The van der Waals surface area contributed by atoms with E-state index in [0.29, 0.717) is 6.61 Å². The molecule has 0 radical (unpaired) electrons. The second-order valence-corrected chi connectivity index (χ2v) is 7.01. The highest BCUT2D eigenvalue weighted by Crippen LogP contribution is 2.27. The van der Waals surface area contributed by atoms with Crippen LogP contribution in [0.25, 0.3) is 10.8 Å². The SMILES string of the molecule is CCOc1ccc(C)cc1C(C)NC(=O)/C(C#N)=C\Nc1cccc2ccccc12. The van der Waals surface area contributed by atoms with E-state index in [1.807, 2.05) is 87.5 Å². The number of nitrogens with one attached hydrogen (secondary N) is 2. The Morgan fingerprint density at radius 1 is 1.17 bits per heavy atom. The number of aryl methyl sites for hydroxylation is 1. The first-order valence-electron chi connectivity index (χ1n) is 9.92. The monoisotopic (exact) mass is 399 g/mol. The molecular formula is C25H25N3O2. The number of carbonyl (C=O) groups is 1. The summed E-state index contributed by atoms with van der Waals surface area (Å²) in [6, 6.07) is 21.3. The highest BCUT2D eigenvalue weighted by atomic mass is 16.5. The number of amides is 1. The molecule has 3 aromatic rings. The molecule has 0 saturated heterocycles. The number of benzene rings is 3. The van der Waals surface area contributed by atoms with Crippen LogP contribution in [0.3, 0.4) is 0 Å². The third-order valence-corrected chi connectivity index (χ3v) is 4.81. The fourth-order valence-corrected chi connectivity index (χ4v) is 3.30. The molecule has 2 N–H and O–H groups in total. The first-order chi connectivity index (χ1) is 14.5. The van der Waals surface area contributed by atoms with Crippen molar-refractivity contribution in [2.24, 2.45) is 0 Å². The van der Waals surface area contributed by atoms with Gasteiger partial charge in [0, 0.05) is 22.8 Å². The molecule has 0 spiro atoms. The van der Waals surface area contributed by atoms with Gasteiger partial charge in [0.05, 0.1) is 12.6 Å². The summed E-state index contributed by atoms with van der Waals surface area (Å²) in [4.78, 5) is 12.7. The van der Waals surface area contributed by atoms with E-state index in [1.165, 1.54) is 6.20 Å². The zero-order valence-corrected chi connectivity index (χ0v) is 17.4. The molecule has 0 aliphatic carbocycles. The molecule has 1 unspecified atom stereocenters. The van der Waals surface area contributed by atoms with Crippen LogP contribution in [-0.4, -0.2) is 12.5 Å². The Morgan fingerprint density at radius 2 is 1.93 bits per heavy atom. The molecule has 3 rings (SSSR count). The van der Waals surface area contributed by atoms with Gasteiger partial charge in [0.25, 0.3) is 5.91 Å². The van der Waals surface area contributed by atoms with Gasteiger partial charge in [0.1, 0.15) is 17.4 Å². The van der Waals surface area contributed by atoms with Crippen LogP contribution in [-0.2, 0) is 4.79 Å². The van der Waals surface area contributed by atoms with E-state index in [0.717, 1.165) is 33.3 Å². The van der Waals surface area contributed by atoms with Gasteiger partial charge in [0.15, 0.2) is 0 Å². The lowest BCUT2D eigenvalue weighted by molar-refractivity contribution is -0.117. The summed E-state index contributed by atoms with van der Waals surface area (Å²) < 4.78 is 5.68. The first-order valence-corrected chi connectivity index (χ1v) is 9.92. The minimum atomic E-state index is -0.443. The highest BCUT2D eigenvalue weighted by molar-refractivity contribution is 5.99. The molecule has 0 aliphatic rings. The number of nitriles is 1. The Bertz CT molecular complexity index is 1120. The number of fused-ring (bicyclic) bond motifs is 1. The Kier molecular flexibility index (Phi) is 6.71. The fourth-order valence-electron chi connectivity index (χ4n) is 3.30. The molecule has 5 nitrogen and oxygen atoms in total. The molecular weight excluding hydrogens is 374 g/mol. The van der Waals surface area contributed by atoms with Gasteiger partial charge in [-0.15, -0.1) is 0 Å². The summed E-state index contributed by atoms with van der Waals surface area (Å²) in [7, 11) is 0.